The van der Waals surface area contributed by atoms with Gasteiger partial charge in [0.1, 0.15) is 0 Å². The lowest BCUT2D eigenvalue weighted by Crippen LogP contribution is -2.43. The van der Waals surface area contributed by atoms with Gasteiger partial charge < -0.3 is 5.32 Å². The highest BCUT2D eigenvalue weighted by molar-refractivity contribution is 5.16. The van der Waals surface area contributed by atoms with E-state index in [9.17, 15) is 0 Å². The Morgan fingerprint density at radius 1 is 1.67 bits per heavy atom. The molecule has 1 saturated heterocycles. The number of nitrogens with zero attached hydrogens (tertiary/aromatic N) is 2. The van der Waals surface area contributed by atoms with Crippen LogP contribution in [-0.4, -0.2) is 22.9 Å². The smallest absolute Gasteiger partial charge is 0.0625 e. The van der Waals surface area contributed by atoms with Crippen molar-refractivity contribution in [3.63, 3.8) is 0 Å². The Balaban J connectivity index is 2.05. The van der Waals surface area contributed by atoms with Crippen molar-refractivity contribution in [3.8, 4) is 0 Å². The van der Waals surface area contributed by atoms with Crippen LogP contribution in [0.4, 0.5) is 0 Å². The summed E-state index contributed by atoms with van der Waals surface area (Å²) in [5, 5.41) is 7.60. The van der Waals surface area contributed by atoms with Crippen LogP contribution in [0.2, 0.25) is 0 Å². The molecular formula is C9H15N3. The molecule has 2 heterocycles. The molecule has 0 bridgehead atoms. The molecular weight excluding hydrogens is 150 g/mol. The quantitative estimate of drug-likeness (QED) is 0.691. The molecule has 0 atom stereocenters. The highest BCUT2D eigenvalue weighted by Crippen LogP contribution is 2.14. The first kappa shape index (κ1) is 7.80. The van der Waals surface area contributed by atoms with Crippen LogP contribution in [0.25, 0.3) is 0 Å². The van der Waals surface area contributed by atoms with Gasteiger partial charge in [-0.2, -0.15) is 5.10 Å². The first-order valence-corrected chi connectivity index (χ1v) is 4.45. The zero-order valence-corrected chi connectivity index (χ0v) is 7.67. The Hall–Kier alpha value is -0.830. The molecule has 12 heavy (non-hydrogen) atoms. The molecule has 66 valence electrons. The largest absolute Gasteiger partial charge is 0.316 e. The van der Waals surface area contributed by atoms with Gasteiger partial charge in [-0.1, -0.05) is 0 Å². The molecule has 0 saturated carbocycles. The monoisotopic (exact) mass is 165 g/mol. The maximum Gasteiger partial charge on any atom is 0.0625 e. The topological polar surface area (TPSA) is 29.9 Å². The number of aromatic nitrogens is 2. The molecule has 0 aromatic carbocycles. The van der Waals surface area contributed by atoms with Crippen molar-refractivity contribution < 1.29 is 0 Å². The van der Waals surface area contributed by atoms with E-state index in [1.165, 1.54) is 30.8 Å². The Morgan fingerprint density at radius 3 is 2.83 bits per heavy atom. The lowest BCUT2D eigenvalue weighted by molar-refractivity contribution is 0.346. The van der Waals surface area contributed by atoms with E-state index in [-0.39, 0.29) is 0 Å². The lowest BCUT2D eigenvalue weighted by atomic mass is 9.95. The Kier molecular flexibility index (Phi) is 1.89. The normalized spacial score (nSPS) is 17.8. The van der Waals surface area contributed by atoms with Gasteiger partial charge in [0.25, 0.3) is 0 Å². The van der Waals surface area contributed by atoms with Crippen molar-refractivity contribution in [2.24, 2.45) is 13.0 Å². The van der Waals surface area contributed by atoms with Crippen LogP contribution in [0.5, 0.6) is 0 Å². The maximum atomic E-state index is 4.32. The Morgan fingerprint density at radius 2 is 2.42 bits per heavy atom. The van der Waals surface area contributed by atoms with Gasteiger partial charge in [-0.05, 0) is 37.9 Å². The van der Waals surface area contributed by atoms with E-state index in [1.807, 2.05) is 11.7 Å². The average Bonchev–Trinajstić information content (AvgIpc) is 2.21. The molecule has 0 spiro atoms. The van der Waals surface area contributed by atoms with E-state index in [0.717, 1.165) is 5.92 Å². The Bertz CT molecular complexity index is 273. The SMILES string of the molecule is Cc1nn(C)cc1CC1CNC1. The van der Waals surface area contributed by atoms with E-state index >= 15 is 0 Å². The van der Waals surface area contributed by atoms with E-state index in [0.29, 0.717) is 0 Å². The van der Waals surface area contributed by atoms with Crippen molar-refractivity contribution in [1.29, 1.82) is 0 Å². The van der Waals surface area contributed by atoms with Gasteiger partial charge in [0, 0.05) is 13.2 Å². The van der Waals surface area contributed by atoms with Crippen LogP contribution in [0.15, 0.2) is 6.20 Å². The fraction of sp³-hybridized carbons (Fsp3) is 0.667. The second-order valence-corrected chi connectivity index (χ2v) is 3.64. The summed E-state index contributed by atoms with van der Waals surface area (Å²) in [7, 11) is 1.98. The first-order valence-electron chi connectivity index (χ1n) is 4.45. The third kappa shape index (κ3) is 1.37. The molecule has 1 fully saturated rings. The van der Waals surface area contributed by atoms with Crippen LogP contribution in [-0.2, 0) is 13.5 Å². The molecule has 1 aromatic heterocycles. The predicted octanol–water partition coefficient (Wildman–Crippen LogP) is 0.490. The van der Waals surface area contributed by atoms with Crippen LogP contribution in [0, 0.1) is 12.8 Å². The van der Waals surface area contributed by atoms with Gasteiger partial charge >= 0.3 is 0 Å². The zero-order chi connectivity index (χ0) is 8.55. The molecule has 0 unspecified atom stereocenters. The van der Waals surface area contributed by atoms with Gasteiger partial charge in [-0.15, -0.1) is 0 Å². The zero-order valence-electron chi connectivity index (χ0n) is 7.67. The fourth-order valence-corrected chi connectivity index (χ4v) is 1.65. The molecule has 0 radical (unpaired) electrons. The molecule has 1 aromatic rings. The van der Waals surface area contributed by atoms with Crippen molar-refractivity contribution in [2.45, 2.75) is 13.3 Å². The third-order valence-electron chi connectivity index (χ3n) is 2.49. The third-order valence-corrected chi connectivity index (χ3v) is 2.49. The highest BCUT2D eigenvalue weighted by Gasteiger charge is 2.18. The van der Waals surface area contributed by atoms with E-state index in [2.05, 4.69) is 23.5 Å². The van der Waals surface area contributed by atoms with Crippen molar-refractivity contribution in [3.05, 3.63) is 17.5 Å². The van der Waals surface area contributed by atoms with Crippen molar-refractivity contribution >= 4 is 0 Å². The average molecular weight is 165 g/mol. The molecule has 0 amide bonds. The van der Waals surface area contributed by atoms with Gasteiger partial charge in [-0.25, -0.2) is 0 Å². The summed E-state index contributed by atoms with van der Waals surface area (Å²) in [6.07, 6.45) is 3.32. The molecule has 1 aliphatic heterocycles. The predicted molar refractivity (Wildman–Crippen MR) is 48.0 cm³/mol. The summed E-state index contributed by atoms with van der Waals surface area (Å²) in [5.74, 6) is 0.841. The van der Waals surface area contributed by atoms with Gasteiger partial charge in [-0.3, -0.25) is 4.68 Å². The Labute approximate surface area is 72.8 Å². The lowest BCUT2D eigenvalue weighted by Gasteiger charge is -2.26. The second-order valence-electron chi connectivity index (χ2n) is 3.64. The van der Waals surface area contributed by atoms with E-state index < -0.39 is 0 Å². The molecule has 0 aliphatic carbocycles. The van der Waals surface area contributed by atoms with Crippen LogP contribution < -0.4 is 5.32 Å². The second kappa shape index (κ2) is 2.90. The minimum atomic E-state index is 0.841. The summed E-state index contributed by atoms with van der Waals surface area (Å²) >= 11 is 0. The molecule has 2 rings (SSSR count). The van der Waals surface area contributed by atoms with Crippen LogP contribution in [0.1, 0.15) is 11.3 Å². The summed E-state index contributed by atoms with van der Waals surface area (Å²) in [5.41, 5.74) is 2.59. The van der Waals surface area contributed by atoms with Crippen molar-refractivity contribution in [1.82, 2.24) is 15.1 Å². The number of nitrogens with one attached hydrogen (secondary N) is 1. The minimum Gasteiger partial charge on any atom is -0.316 e. The summed E-state index contributed by atoms with van der Waals surface area (Å²) in [6.45, 7) is 4.43. The minimum absolute atomic E-state index is 0.841. The number of hydrogen-bond donors (Lipinski definition) is 1. The molecule has 3 heteroatoms. The summed E-state index contributed by atoms with van der Waals surface area (Å²) < 4.78 is 1.90. The summed E-state index contributed by atoms with van der Waals surface area (Å²) in [6, 6.07) is 0. The standard InChI is InChI=1S/C9H15N3/c1-7-9(6-12(2)11-7)3-8-4-10-5-8/h6,8,10H,3-5H2,1-2H3. The molecule has 1 N–H and O–H groups in total. The van der Waals surface area contributed by atoms with Crippen LogP contribution in [0.3, 0.4) is 0 Å². The number of aryl methyl sites for hydroxylation is 2. The maximum absolute atomic E-state index is 4.32. The summed E-state index contributed by atoms with van der Waals surface area (Å²) in [4.78, 5) is 0. The number of rotatable bonds is 2. The fourth-order valence-electron chi connectivity index (χ4n) is 1.65. The molecule has 3 nitrogen and oxygen atoms in total. The highest BCUT2D eigenvalue weighted by atomic mass is 15.2. The van der Waals surface area contributed by atoms with E-state index in [4.69, 9.17) is 0 Å². The van der Waals surface area contributed by atoms with E-state index in [1.54, 1.807) is 0 Å². The van der Waals surface area contributed by atoms with Crippen molar-refractivity contribution in [2.75, 3.05) is 13.1 Å². The van der Waals surface area contributed by atoms with Gasteiger partial charge in [0.2, 0.25) is 0 Å². The molecule has 1 aliphatic rings. The van der Waals surface area contributed by atoms with Crippen LogP contribution >= 0.6 is 0 Å². The van der Waals surface area contributed by atoms with Gasteiger partial charge in [0.05, 0.1) is 5.69 Å². The number of hydrogen-bond acceptors (Lipinski definition) is 2. The van der Waals surface area contributed by atoms with Gasteiger partial charge in [0.15, 0.2) is 0 Å². The first-order chi connectivity index (χ1) is 5.75.